The van der Waals surface area contributed by atoms with Gasteiger partial charge in [0.2, 0.25) is 5.13 Å². The van der Waals surface area contributed by atoms with Crippen molar-refractivity contribution >= 4 is 49.7 Å². The molecule has 0 unspecified atom stereocenters. The topological polar surface area (TPSA) is 101 Å². The van der Waals surface area contributed by atoms with E-state index in [9.17, 15) is 13.2 Å². The number of hydrogen-bond donors (Lipinski definition) is 2. The number of benzene rings is 3. The number of halogens is 1. The summed E-state index contributed by atoms with van der Waals surface area (Å²) in [6.45, 7) is 0. The van der Waals surface area contributed by atoms with E-state index in [0.29, 0.717) is 10.1 Å². The fourth-order valence-corrected chi connectivity index (χ4v) is 4.79. The molecule has 0 spiro atoms. The first-order valence-corrected chi connectivity index (χ1v) is 11.7. The Balaban J connectivity index is 1.48. The summed E-state index contributed by atoms with van der Waals surface area (Å²) < 4.78 is 27.3. The number of nitrogens with one attached hydrogen (secondary N) is 2. The van der Waals surface area contributed by atoms with Crippen LogP contribution in [0.1, 0.15) is 10.4 Å². The monoisotopic (exact) mass is 470 g/mol. The molecule has 0 saturated heterocycles. The summed E-state index contributed by atoms with van der Waals surface area (Å²) in [7, 11) is -3.76. The molecule has 4 rings (SSSR count). The maximum absolute atomic E-state index is 12.6. The SMILES string of the molecule is O=C(Nc1nnc(-c2ccccc2)s1)c1ccc(NS(=O)(=O)c2ccccc2)cc1Cl. The van der Waals surface area contributed by atoms with Gasteiger partial charge in [0.1, 0.15) is 5.01 Å². The predicted molar refractivity (Wildman–Crippen MR) is 122 cm³/mol. The van der Waals surface area contributed by atoms with Crippen molar-refractivity contribution in [3.05, 3.63) is 89.4 Å². The fourth-order valence-electron chi connectivity index (χ4n) is 2.71. The van der Waals surface area contributed by atoms with Crippen molar-refractivity contribution in [1.29, 1.82) is 0 Å². The number of anilines is 2. The van der Waals surface area contributed by atoms with Crippen molar-refractivity contribution in [3.8, 4) is 10.6 Å². The van der Waals surface area contributed by atoms with E-state index >= 15 is 0 Å². The molecule has 1 amide bonds. The zero-order valence-electron chi connectivity index (χ0n) is 15.8. The molecule has 10 heteroatoms. The fraction of sp³-hybridized carbons (Fsp3) is 0. The van der Waals surface area contributed by atoms with Crippen LogP contribution >= 0.6 is 22.9 Å². The van der Waals surface area contributed by atoms with E-state index in [1.807, 2.05) is 30.3 Å². The van der Waals surface area contributed by atoms with E-state index in [0.717, 1.165) is 5.56 Å². The highest BCUT2D eigenvalue weighted by molar-refractivity contribution is 7.92. The highest BCUT2D eigenvalue weighted by atomic mass is 35.5. The molecular weight excluding hydrogens is 456 g/mol. The first kappa shape index (κ1) is 21.0. The standard InChI is InChI=1S/C21H15ClN4O3S2/c22-18-13-15(26-31(28,29)16-9-5-2-6-10-16)11-12-17(18)19(27)23-21-25-24-20(30-21)14-7-3-1-4-8-14/h1-13,26H,(H,23,25,27). The third kappa shape index (κ3) is 4.91. The summed E-state index contributed by atoms with van der Waals surface area (Å²) in [5.74, 6) is -0.474. The van der Waals surface area contributed by atoms with E-state index in [-0.39, 0.29) is 21.2 Å². The van der Waals surface area contributed by atoms with Crippen LogP contribution in [0, 0.1) is 0 Å². The van der Waals surface area contributed by atoms with Gasteiger partial charge >= 0.3 is 0 Å². The molecule has 0 aliphatic heterocycles. The van der Waals surface area contributed by atoms with Crippen LogP contribution in [0.5, 0.6) is 0 Å². The molecule has 0 saturated carbocycles. The molecule has 0 atom stereocenters. The Labute approximate surface area is 187 Å². The second-order valence-electron chi connectivity index (χ2n) is 6.35. The number of aromatic nitrogens is 2. The Morgan fingerprint density at radius 2 is 1.58 bits per heavy atom. The molecule has 7 nitrogen and oxygen atoms in total. The lowest BCUT2D eigenvalue weighted by Gasteiger charge is -2.10. The van der Waals surface area contributed by atoms with Gasteiger partial charge in [-0.2, -0.15) is 0 Å². The Bertz CT molecular complexity index is 1330. The Kier molecular flexibility index (Phi) is 5.99. The third-order valence-electron chi connectivity index (χ3n) is 4.19. The van der Waals surface area contributed by atoms with E-state index in [1.165, 1.54) is 41.7 Å². The number of carbonyl (C=O) groups is 1. The van der Waals surface area contributed by atoms with Crippen molar-refractivity contribution < 1.29 is 13.2 Å². The molecule has 0 aliphatic rings. The molecule has 0 bridgehead atoms. The van der Waals surface area contributed by atoms with E-state index in [2.05, 4.69) is 20.2 Å². The summed E-state index contributed by atoms with van der Waals surface area (Å²) in [5.41, 5.74) is 1.32. The summed E-state index contributed by atoms with van der Waals surface area (Å²) in [6, 6.07) is 21.7. The summed E-state index contributed by atoms with van der Waals surface area (Å²) in [4.78, 5) is 12.7. The lowest BCUT2D eigenvalue weighted by molar-refractivity contribution is 0.102. The minimum atomic E-state index is -3.76. The smallest absolute Gasteiger partial charge is 0.261 e. The number of rotatable bonds is 6. The van der Waals surface area contributed by atoms with Crippen LogP contribution in [0.15, 0.2) is 83.8 Å². The molecule has 1 heterocycles. The summed E-state index contributed by atoms with van der Waals surface area (Å²) in [5, 5.41) is 11.8. The number of hydrogen-bond acceptors (Lipinski definition) is 6. The first-order chi connectivity index (χ1) is 14.9. The second-order valence-corrected chi connectivity index (χ2v) is 9.41. The van der Waals surface area contributed by atoms with Crippen molar-refractivity contribution in [2.75, 3.05) is 10.0 Å². The summed E-state index contributed by atoms with van der Waals surface area (Å²) >= 11 is 7.47. The van der Waals surface area contributed by atoms with Crippen LogP contribution < -0.4 is 10.0 Å². The van der Waals surface area contributed by atoms with Crippen molar-refractivity contribution in [2.24, 2.45) is 0 Å². The van der Waals surface area contributed by atoms with Gasteiger partial charge in [0.05, 0.1) is 21.2 Å². The van der Waals surface area contributed by atoms with Crippen LogP contribution in [0.2, 0.25) is 5.02 Å². The van der Waals surface area contributed by atoms with Gasteiger partial charge < -0.3 is 0 Å². The minimum absolute atomic E-state index is 0.0959. The number of sulfonamides is 1. The van der Waals surface area contributed by atoms with Gasteiger partial charge in [-0.25, -0.2) is 8.42 Å². The maximum atomic E-state index is 12.6. The van der Waals surface area contributed by atoms with Crippen LogP contribution in [0.25, 0.3) is 10.6 Å². The van der Waals surface area contributed by atoms with Crippen molar-refractivity contribution in [1.82, 2.24) is 10.2 Å². The highest BCUT2D eigenvalue weighted by Gasteiger charge is 2.17. The Morgan fingerprint density at radius 1 is 0.903 bits per heavy atom. The molecule has 2 N–H and O–H groups in total. The van der Waals surface area contributed by atoms with Gasteiger partial charge in [0.15, 0.2) is 0 Å². The van der Waals surface area contributed by atoms with Gasteiger partial charge in [-0.1, -0.05) is 71.5 Å². The average Bonchev–Trinajstić information content (AvgIpc) is 3.23. The molecule has 4 aromatic rings. The second kappa shape index (κ2) is 8.84. The van der Waals surface area contributed by atoms with Gasteiger partial charge in [0, 0.05) is 5.56 Å². The molecule has 0 fully saturated rings. The molecule has 3 aromatic carbocycles. The lowest BCUT2D eigenvalue weighted by atomic mass is 10.2. The zero-order chi connectivity index (χ0) is 21.8. The minimum Gasteiger partial charge on any atom is -0.296 e. The predicted octanol–water partition coefficient (Wildman–Crippen LogP) is 4.91. The Hall–Kier alpha value is -3.27. The van der Waals surface area contributed by atoms with Crippen molar-refractivity contribution in [3.63, 3.8) is 0 Å². The average molecular weight is 471 g/mol. The van der Waals surface area contributed by atoms with Gasteiger partial charge in [-0.3, -0.25) is 14.8 Å². The zero-order valence-corrected chi connectivity index (χ0v) is 18.2. The van der Waals surface area contributed by atoms with Crippen LogP contribution in [0.4, 0.5) is 10.8 Å². The number of carbonyl (C=O) groups excluding carboxylic acids is 1. The quantitative estimate of drug-likeness (QED) is 0.417. The van der Waals surface area contributed by atoms with Gasteiger partial charge in [-0.15, -0.1) is 10.2 Å². The molecule has 0 radical (unpaired) electrons. The van der Waals surface area contributed by atoms with E-state index in [1.54, 1.807) is 18.2 Å². The number of nitrogens with zero attached hydrogens (tertiary/aromatic N) is 2. The Morgan fingerprint density at radius 3 is 2.26 bits per heavy atom. The normalized spacial score (nSPS) is 11.1. The van der Waals surface area contributed by atoms with Gasteiger partial charge in [-0.05, 0) is 30.3 Å². The maximum Gasteiger partial charge on any atom is 0.261 e. The lowest BCUT2D eigenvalue weighted by Crippen LogP contribution is -2.14. The van der Waals surface area contributed by atoms with Gasteiger partial charge in [0.25, 0.3) is 15.9 Å². The molecule has 1 aromatic heterocycles. The molecule has 156 valence electrons. The largest absolute Gasteiger partial charge is 0.296 e. The number of amides is 1. The third-order valence-corrected chi connectivity index (χ3v) is 6.78. The summed E-state index contributed by atoms with van der Waals surface area (Å²) in [6.07, 6.45) is 0. The van der Waals surface area contributed by atoms with E-state index in [4.69, 9.17) is 11.6 Å². The highest BCUT2D eigenvalue weighted by Crippen LogP contribution is 2.28. The molecular formula is C21H15ClN4O3S2. The molecule has 31 heavy (non-hydrogen) atoms. The molecule has 0 aliphatic carbocycles. The van der Waals surface area contributed by atoms with Crippen molar-refractivity contribution in [2.45, 2.75) is 4.90 Å². The van der Waals surface area contributed by atoms with E-state index < -0.39 is 15.9 Å². The first-order valence-electron chi connectivity index (χ1n) is 9.00. The van der Waals surface area contributed by atoms with Crippen LogP contribution in [-0.2, 0) is 10.0 Å². The van der Waals surface area contributed by atoms with Crippen LogP contribution in [-0.4, -0.2) is 24.5 Å². The van der Waals surface area contributed by atoms with Crippen LogP contribution in [0.3, 0.4) is 0 Å².